The average molecular weight is 283 g/mol. The van der Waals surface area contributed by atoms with E-state index in [0.29, 0.717) is 11.8 Å². The summed E-state index contributed by atoms with van der Waals surface area (Å²) >= 11 is 3.34. The first-order valence-corrected chi connectivity index (χ1v) is 5.77. The molecule has 0 saturated heterocycles. The number of nitrogens with zero attached hydrogens (tertiary/aromatic N) is 3. The van der Waals surface area contributed by atoms with Gasteiger partial charge in [-0.1, -0.05) is 12.1 Å². The van der Waals surface area contributed by atoms with Crippen molar-refractivity contribution in [2.75, 3.05) is 11.9 Å². The second-order valence-corrected chi connectivity index (χ2v) is 4.16. The number of halogens is 1. The van der Waals surface area contributed by atoms with Crippen LogP contribution in [0.5, 0.6) is 0 Å². The molecule has 2 rings (SSSR count). The van der Waals surface area contributed by atoms with E-state index in [1.807, 2.05) is 6.07 Å². The van der Waals surface area contributed by atoms with Crippen LogP contribution in [0, 0.1) is 0 Å². The molecular formula is C10H11BrN4O. The van der Waals surface area contributed by atoms with E-state index >= 15 is 0 Å². The summed E-state index contributed by atoms with van der Waals surface area (Å²) in [6, 6.07) is 2.33. The van der Waals surface area contributed by atoms with Crippen LogP contribution in [0.3, 0.4) is 0 Å². The zero-order valence-electron chi connectivity index (χ0n) is 8.77. The molecule has 2 aromatic heterocycles. The highest BCUT2D eigenvalue weighted by molar-refractivity contribution is 9.10. The van der Waals surface area contributed by atoms with E-state index in [2.05, 4.69) is 43.3 Å². The molecule has 6 heteroatoms. The molecule has 0 unspecified atom stereocenters. The second-order valence-electron chi connectivity index (χ2n) is 3.24. The molecule has 2 aromatic rings. The maximum absolute atomic E-state index is 5.05. The summed E-state index contributed by atoms with van der Waals surface area (Å²) < 4.78 is 5.93. The Morgan fingerprint density at radius 3 is 3.06 bits per heavy atom. The fourth-order valence-corrected chi connectivity index (χ4v) is 1.54. The number of hydrogen-bond acceptors (Lipinski definition) is 5. The standard InChI is InChI=1S/C10H11BrN4O/c1-2-3-13-10-14-9(15-16-10)7-4-8(11)6-12-5-7/h4-6H,2-3H2,1H3,(H,13,14,15). The smallest absolute Gasteiger partial charge is 0.321 e. The Kier molecular flexibility index (Phi) is 3.51. The molecule has 0 aromatic carbocycles. The van der Waals surface area contributed by atoms with Crippen molar-refractivity contribution in [2.45, 2.75) is 13.3 Å². The lowest BCUT2D eigenvalue weighted by molar-refractivity contribution is 0.432. The molecule has 0 saturated carbocycles. The Balaban J connectivity index is 2.18. The first kappa shape index (κ1) is 11.1. The topological polar surface area (TPSA) is 63.8 Å². The highest BCUT2D eigenvalue weighted by Crippen LogP contribution is 2.19. The zero-order valence-corrected chi connectivity index (χ0v) is 10.4. The molecule has 5 nitrogen and oxygen atoms in total. The third-order valence-electron chi connectivity index (χ3n) is 1.92. The van der Waals surface area contributed by atoms with Gasteiger partial charge in [-0.3, -0.25) is 4.98 Å². The van der Waals surface area contributed by atoms with E-state index in [1.54, 1.807) is 12.4 Å². The highest BCUT2D eigenvalue weighted by atomic mass is 79.9. The van der Waals surface area contributed by atoms with Crippen LogP contribution in [0.1, 0.15) is 13.3 Å². The molecule has 2 heterocycles. The number of hydrogen-bond donors (Lipinski definition) is 1. The molecule has 84 valence electrons. The summed E-state index contributed by atoms with van der Waals surface area (Å²) in [5.41, 5.74) is 0.822. The maximum Gasteiger partial charge on any atom is 0.321 e. The van der Waals surface area contributed by atoms with Gasteiger partial charge in [0, 0.05) is 29.0 Å². The summed E-state index contributed by atoms with van der Waals surface area (Å²) in [6.07, 6.45) is 4.41. The molecule has 0 radical (unpaired) electrons. The third kappa shape index (κ3) is 2.57. The molecule has 0 aliphatic carbocycles. The molecule has 0 spiro atoms. The van der Waals surface area contributed by atoms with Gasteiger partial charge in [-0.25, -0.2) is 0 Å². The summed E-state index contributed by atoms with van der Waals surface area (Å²) in [6.45, 7) is 2.89. The van der Waals surface area contributed by atoms with Crippen LogP contribution in [0.25, 0.3) is 11.4 Å². The van der Waals surface area contributed by atoms with E-state index in [1.165, 1.54) is 0 Å². The second kappa shape index (κ2) is 5.07. The molecule has 1 N–H and O–H groups in total. The van der Waals surface area contributed by atoms with Crippen molar-refractivity contribution in [1.29, 1.82) is 0 Å². The van der Waals surface area contributed by atoms with Crippen molar-refractivity contribution in [2.24, 2.45) is 0 Å². The lowest BCUT2D eigenvalue weighted by Crippen LogP contribution is -1.99. The number of nitrogens with one attached hydrogen (secondary N) is 1. The molecule has 16 heavy (non-hydrogen) atoms. The van der Waals surface area contributed by atoms with E-state index < -0.39 is 0 Å². The monoisotopic (exact) mass is 282 g/mol. The van der Waals surface area contributed by atoms with E-state index in [4.69, 9.17) is 4.52 Å². The molecule has 0 fully saturated rings. The lowest BCUT2D eigenvalue weighted by Gasteiger charge is -1.95. The van der Waals surface area contributed by atoms with E-state index in [-0.39, 0.29) is 0 Å². The minimum absolute atomic E-state index is 0.442. The number of pyridine rings is 1. The Morgan fingerprint density at radius 2 is 2.31 bits per heavy atom. The fraction of sp³-hybridized carbons (Fsp3) is 0.300. The van der Waals surface area contributed by atoms with Gasteiger partial charge in [-0.2, -0.15) is 4.98 Å². The Hall–Kier alpha value is -1.43. The largest absolute Gasteiger partial charge is 0.338 e. The first-order chi connectivity index (χ1) is 7.79. The third-order valence-corrected chi connectivity index (χ3v) is 2.35. The van der Waals surface area contributed by atoms with Crippen molar-refractivity contribution >= 4 is 21.9 Å². The summed E-state index contributed by atoms with van der Waals surface area (Å²) in [5, 5.41) is 6.90. The van der Waals surface area contributed by atoms with Gasteiger partial charge in [0.05, 0.1) is 0 Å². The predicted molar refractivity (Wildman–Crippen MR) is 64.0 cm³/mol. The van der Waals surface area contributed by atoms with Gasteiger partial charge in [-0.15, -0.1) is 0 Å². The average Bonchev–Trinajstić information content (AvgIpc) is 2.75. The van der Waals surface area contributed by atoms with Crippen molar-refractivity contribution in [3.05, 3.63) is 22.9 Å². The molecule has 0 bridgehead atoms. The lowest BCUT2D eigenvalue weighted by atomic mass is 10.3. The van der Waals surface area contributed by atoms with Crippen LogP contribution in [0.4, 0.5) is 6.01 Å². The van der Waals surface area contributed by atoms with Gasteiger partial charge in [0.25, 0.3) is 0 Å². The van der Waals surface area contributed by atoms with Crippen molar-refractivity contribution in [3.63, 3.8) is 0 Å². The summed E-state index contributed by atoms with van der Waals surface area (Å²) in [5.74, 6) is 0.535. The minimum atomic E-state index is 0.442. The molecule has 0 aliphatic heterocycles. The quantitative estimate of drug-likeness (QED) is 0.934. The van der Waals surface area contributed by atoms with Crippen LogP contribution in [0.15, 0.2) is 27.5 Å². The Labute approximate surface area is 101 Å². The molecular weight excluding hydrogens is 272 g/mol. The highest BCUT2D eigenvalue weighted by Gasteiger charge is 2.08. The summed E-state index contributed by atoms with van der Waals surface area (Å²) in [4.78, 5) is 8.25. The summed E-state index contributed by atoms with van der Waals surface area (Å²) in [7, 11) is 0. The van der Waals surface area contributed by atoms with Crippen LogP contribution < -0.4 is 5.32 Å². The first-order valence-electron chi connectivity index (χ1n) is 4.98. The maximum atomic E-state index is 5.05. The Morgan fingerprint density at radius 1 is 1.44 bits per heavy atom. The number of anilines is 1. The number of aromatic nitrogens is 3. The van der Waals surface area contributed by atoms with Crippen LogP contribution >= 0.6 is 15.9 Å². The normalized spacial score (nSPS) is 10.4. The van der Waals surface area contributed by atoms with E-state index in [9.17, 15) is 0 Å². The predicted octanol–water partition coefficient (Wildman–Crippen LogP) is 2.72. The van der Waals surface area contributed by atoms with Gasteiger partial charge in [0.15, 0.2) is 0 Å². The van der Waals surface area contributed by atoms with Gasteiger partial charge in [0.1, 0.15) is 0 Å². The van der Waals surface area contributed by atoms with Gasteiger partial charge >= 0.3 is 6.01 Å². The molecule has 0 atom stereocenters. The molecule has 0 aliphatic rings. The minimum Gasteiger partial charge on any atom is -0.338 e. The van der Waals surface area contributed by atoms with Crippen molar-refractivity contribution in [1.82, 2.24) is 15.1 Å². The molecule has 0 amide bonds. The number of rotatable bonds is 4. The van der Waals surface area contributed by atoms with Gasteiger partial charge in [0.2, 0.25) is 5.82 Å². The van der Waals surface area contributed by atoms with Crippen LogP contribution in [-0.4, -0.2) is 21.7 Å². The van der Waals surface area contributed by atoms with E-state index in [0.717, 1.165) is 23.0 Å². The fourth-order valence-electron chi connectivity index (χ4n) is 1.18. The van der Waals surface area contributed by atoms with Crippen LogP contribution in [-0.2, 0) is 0 Å². The van der Waals surface area contributed by atoms with Crippen LogP contribution in [0.2, 0.25) is 0 Å². The van der Waals surface area contributed by atoms with Crippen molar-refractivity contribution in [3.8, 4) is 11.4 Å². The van der Waals surface area contributed by atoms with Crippen molar-refractivity contribution < 1.29 is 4.52 Å². The Bertz CT molecular complexity index is 471. The zero-order chi connectivity index (χ0) is 11.4. The SMILES string of the molecule is CCCNc1nc(-c2cncc(Br)c2)no1. The van der Waals surface area contributed by atoms with Gasteiger partial charge in [-0.05, 0) is 28.4 Å². The van der Waals surface area contributed by atoms with Gasteiger partial charge < -0.3 is 9.84 Å².